The molecule has 0 bridgehead atoms. The third kappa shape index (κ3) is 5.99. The van der Waals surface area contributed by atoms with Gasteiger partial charge in [0.25, 0.3) is 5.56 Å². The van der Waals surface area contributed by atoms with Gasteiger partial charge in [-0.1, -0.05) is 26.8 Å². The largest absolute Gasteiger partial charge is 0.477 e. The van der Waals surface area contributed by atoms with Crippen LogP contribution in [0.3, 0.4) is 0 Å². The molecule has 1 aliphatic heterocycles. The second-order valence-corrected chi connectivity index (χ2v) is 10.3. The topological polar surface area (TPSA) is 120 Å². The normalized spacial score (nSPS) is 15.2. The lowest BCUT2D eigenvalue weighted by Gasteiger charge is -2.37. The van der Waals surface area contributed by atoms with Gasteiger partial charge in [0.05, 0.1) is 31.1 Å². The van der Waals surface area contributed by atoms with Gasteiger partial charge in [0.1, 0.15) is 5.82 Å². The average molecular weight is 517 g/mol. The molecule has 0 unspecified atom stereocenters. The van der Waals surface area contributed by atoms with Crippen LogP contribution in [0.15, 0.2) is 47.4 Å². The second-order valence-electron chi connectivity index (χ2n) is 10.3. The lowest BCUT2D eigenvalue weighted by molar-refractivity contribution is -0.137. The summed E-state index contributed by atoms with van der Waals surface area (Å²) in [5.74, 6) is -0.476. The number of hydrogen-bond acceptors (Lipinski definition) is 6. The smallest absolute Gasteiger partial charge is 0.417 e. The van der Waals surface area contributed by atoms with Gasteiger partial charge < -0.3 is 20.2 Å². The fourth-order valence-electron chi connectivity index (χ4n) is 3.87. The number of halogens is 3. The molecule has 11 heteroatoms. The molecule has 3 aromatic rings. The number of primary amides is 1. The van der Waals surface area contributed by atoms with Gasteiger partial charge in [-0.3, -0.25) is 9.59 Å². The van der Waals surface area contributed by atoms with Gasteiger partial charge in [0, 0.05) is 40.3 Å². The fraction of sp³-hybridized carbons (Fsp3) is 0.385. The van der Waals surface area contributed by atoms with Gasteiger partial charge in [-0.15, -0.1) is 0 Å². The van der Waals surface area contributed by atoms with Crippen LogP contribution in [0.1, 0.15) is 31.9 Å². The monoisotopic (exact) mass is 516 g/mol. The minimum Gasteiger partial charge on any atom is -0.477 e. The maximum absolute atomic E-state index is 13.9. The van der Waals surface area contributed by atoms with Crippen molar-refractivity contribution in [2.45, 2.75) is 33.4 Å². The first kappa shape index (κ1) is 26.3. The molecule has 0 atom stereocenters. The van der Waals surface area contributed by atoms with Gasteiger partial charge in [0.2, 0.25) is 11.8 Å². The quantitative estimate of drug-likeness (QED) is 0.467. The molecule has 0 radical (unpaired) electrons. The minimum atomic E-state index is -4.70. The van der Waals surface area contributed by atoms with Crippen molar-refractivity contribution in [1.82, 2.24) is 15.0 Å². The van der Waals surface area contributed by atoms with Crippen LogP contribution in [0.2, 0.25) is 0 Å². The number of benzene rings is 1. The van der Waals surface area contributed by atoms with Crippen LogP contribution in [-0.4, -0.2) is 40.7 Å². The van der Waals surface area contributed by atoms with Crippen LogP contribution in [0.5, 0.6) is 5.88 Å². The summed E-state index contributed by atoms with van der Waals surface area (Å²) in [6.07, 6.45) is -3.16. The number of amides is 1. The first-order valence-electron chi connectivity index (χ1n) is 11.5. The number of pyridine rings is 1. The van der Waals surface area contributed by atoms with E-state index in [0.29, 0.717) is 36.8 Å². The number of H-pyrrole nitrogens is 1. The number of alkyl halides is 3. The number of nitrogens with two attached hydrogens (primary N) is 1. The van der Waals surface area contributed by atoms with Crippen molar-refractivity contribution in [3.8, 4) is 28.5 Å². The molecule has 3 heterocycles. The maximum atomic E-state index is 13.9. The van der Waals surface area contributed by atoms with Crippen molar-refractivity contribution in [3.63, 3.8) is 0 Å². The zero-order valence-electron chi connectivity index (χ0n) is 20.6. The molecular weight excluding hydrogens is 489 g/mol. The van der Waals surface area contributed by atoms with Crippen molar-refractivity contribution in [1.29, 1.82) is 0 Å². The number of nitrogens with one attached hydrogen (secondary N) is 1. The lowest BCUT2D eigenvalue weighted by atomic mass is 9.84. The third-order valence-corrected chi connectivity index (χ3v) is 6.20. The van der Waals surface area contributed by atoms with E-state index < -0.39 is 28.6 Å². The molecule has 4 rings (SSSR count). The van der Waals surface area contributed by atoms with Gasteiger partial charge in [-0.25, -0.2) is 9.97 Å². The number of aromatic amines is 1. The number of rotatable bonds is 8. The maximum Gasteiger partial charge on any atom is 0.417 e. The Bertz CT molecular complexity index is 1360. The molecule has 1 amide bonds. The van der Waals surface area contributed by atoms with Crippen LogP contribution < -0.4 is 16.0 Å². The summed E-state index contributed by atoms with van der Waals surface area (Å²) in [6, 6.07) is 7.89. The zero-order chi connectivity index (χ0) is 27.0. The van der Waals surface area contributed by atoms with Crippen molar-refractivity contribution < 1.29 is 27.4 Å². The molecule has 2 aromatic heterocycles. The second kappa shape index (κ2) is 9.62. The highest BCUT2D eigenvalue weighted by molar-refractivity contribution is 5.80. The summed E-state index contributed by atoms with van der Waals surface area (Å²) in [6.45, 7) is 6.88. The summed E-state index contributed by atoms with van der Waals surface area (Å²) in [7, 11) is 0. The van der Waals surface area contributed by atoms with Crippen molar-refractivity contribution in [2.24, 2.45) is 16.6 Å². The molecule has 1 aromatic carbocycles. The molecule has 3 N–H and O–H groups in total. The van der Waals surface area contributed by atoms with Crippen molar-refractivity contribution >= 4 is 5.91 Å². The Morgan fingerprint density at radius 2 is 1.92 bits per heavy atom. The van der Waals surface area contributed by atoms with Crippen LogP contribution in [0.4, 0.5) is 13.2 Å². The average Bonchev–Trinajstić information content (AvgIpc) is 2.80. The Labute approximate surface area is 211 Å². The summed E-state index contributed by atoms with van der Waals surface area (Å²) in [4.78, 5) is 35.1. The predicted octanol–water partition coefficient (Wildman–Crippen LogP) is 3.99. The molecular formula is C26H27F3N4O4. The number of carbonyl (C=O) groups is 1. The van der Waals surface area contributed by atoms with Gasteiger partial charge in [0.15, 0.2) is 0 Å². The number of hydrogen-bond donors (Lipinski definition) is 2. The SMILES string of the molecule is CC1(COc2ccc(-c3cc(=O)[nH]c(-c4cc(CC(C)(C)C(N)=O)ccc4C(F)(F)F)n3)cn2)COC1. The van der Waals surface area contributed by atoms with Crippen LogP contribution >= 0.6 is 0 Å². The number of carbonyl (C=O) groups excluding carboxylic acids is 1. The van der Waals surface area contributed by atoms with E-state index >= 15 is 0 Å². The number of aromatic nitrogens is 3. The molecule has 0 aliphatic carbocycles. The van der Waals surface area contributed by atoms with Gasteiger partial charge in [-0.05, 0) is 30.2 Å². The Balaban J connectivity index is 1.68. The molecule has 1 aliphatic rings. The summed E-state index contributed by atoms with van der Waals surface area (Å²) in [5, 5.41) is 0. The zero-order valence-corrected chi connectivity index (χ0v) is 20.6. The van der Waals surface area contributed by atoms with E-state index in [4.69, 9.17) is 15.2 Å². The lowest BCUT2D eigenvalue weighted by Crippen LogP contribution is -2.44. The number of nitrogens with zero attached hydrogens (tertiary/aromatic N) is 2. The Hall–Kier alpha value is -3.73. The highest BCUT2D eigenvalue weighted by Gasteiger charge is 2.36. The Morgan fingerprint density at radius 1 is 1.19 bits per heavy atom. The molecule has 1 saturated heterocycles. The van der Waals surface area contributed by atoms with Gasteiger partial charge >= 0.3 is 6.18 Å². The first-order chi connectivity index (χ1) is 17.3. The Morgan fingerprint density at radius 3 is 2.49 bits per heavy atom. The Kier molecular flexibility index (Phi) is 6.85. The number of ether oxygens (including phenoxy) is 2. The first-order valence-corrected chi connectivity index (χ1v) is 11.5. The van der Waals surface area contributed by atoms with Crippen LogP contribution in [0, 0.1) is 10.8 Å². The highest BCUT2D eigenvalue weighted by Crippen LogP contribution is 2.37. The van der Waals surface area contributed by atoms with Crippen LogP contribution in [0.25, 0.3) is 22.6 Å². The third-order valence-electron chi connectivity index (χ3n) is 6.20. The van der Waals surface area contributed by atoms with E-state index in [9.17, 15) is 22.8 Å². The van der Waals surface area contributed by atoms with E-state index in [1.807, 2.05) is 6.92 Å². The van der Waals surface area contributed by atoms with E-state index in [0.717, 1.165) is 6.07 Å². The summed E-state index contributed by atoms with van der Waals surface area (Å²) >= 11 is 0. The predicted molar refractivity (Wildman–Crippen MR) is 130 cm³/mol. The van der Waals surface area contributed by atoms with E-state index in [2.05, 4.69) is 15.0 Å². The van der Waals surface area contributed by atoms with E-state index in [-0.39, 0.29) is 28.9 Å². The molecule has 37 heavy (non-hydrogen) atoms. The molecule has 8 nitrogen and oxygen atoms in total. The minimum absolute atomic E-state index is 0.0685. The standard InChI is InChI=1S/C26H27F3N4O4/c1-24(2,23(30)35)10-15-4-6-18(26(27,28)29)17(8-15)22-32-19(9-20(34)33-22)16-5-7-21(31-11-16)37-14-25(3)12-36-13-25/h4-9,11H,10,12-14H2,1-3H3,(H2,30,35)(H,32,33,34). The van der Waals surface area contributed by atoms with E-state index in [1.165, 1.54) is 24.4 Å². The molecule has 0 spiro atoms. The van der Waals surface area contributed by atoms with Crippen molar-refractivity contribution in [2.75, 3.05) is 19.8 Å². The highest BCUT2D eigenvalue weighted by atomic mass is 19.4. The fourth-order valence-corrected chi connectivity index (χ4v) is 3.87. The molecule has 1 fully saturated rings. The molecule has 0 saturated carbocycles. The summed E-state index contributed by atoms with van der Waals surface area (Å²) < 4.78 is 52.5. The van der Waals surface area contributed by atoms with Gasteiger partial charge in [-0.2, -0.15) is 13.2 Å². The molecule has 196 valence electrons. The van der Waals surface area contributed by atoms with E-state index in [1.54, 1.807) is 26.0 Å². The summed E-state index contributed by atoms with van der Waals surface area (Å²) in [5.41, 5.74) is 3.48. The van der Waals surface area contributed by atoms with Crippen molar-refractivity contribution in [3.05, 3.63) is 64.1 Å². The van der Waals surface area contributed by atoms with Crippen LogP contribution in [-0.2, 0) is 22.1 Å².